The number of methoxy groups -OCH3 is 1. The maximum atomic E-state index is 13.0. The quantitative estimate of drug-likeness (QED) is 0.644. The zero-order chi connectivity index (χ0) is 22.2. The van der Waals surface area contributed by atoms with Crippen LogP contribution in [0.4, 0.5) is 0 Å². The molecule has 7 heteroatoms. The molecule has 5 rings (SSSR count). The molecule has 2 heterocycles. The Hall–Kier alpha value is -2.54. The molecule has 2 aliphatic carbocycles. The average Bonchev–Trinajstić information content (AvgIpc) is 3.54. The summed E-state index contributed by atoms with van der Waals surface area (Å²) in [5.41, 5.74) is 3.14. The number of aliphatic imine (C=N–C) groups is 1. The molecular weight excluding hydrogens is 422 g/mol. The number of nitrogens with one attached hydrogen (secondary N) is 1. The molecule has 2 bridgehead atoms. The molecule has 0 radical (unpaired) electrons. The van der Waals surface area contributed by atoms with E-state index in [1.165, 1.54) is 38.1 Å². The number of hydrogen-bond donors (Lipinski definition) is 1. The number of nitrogens with zero attached hydrogens (tertiary/aromatic N) is 2. The van der Waals surface area contributed by atoms with Crippen LogP contribution in [0.15, 0.2) is 57.7 Å². The number of benzene rings is 1. The number of esters is 1. The summed E-state index contributed by atoms with van der Waals surface area (Å²) in [5, 5.41) is 6.11. The number of hydrogen-bond acceptors (Lipinski definition) is 6. The maximum Gasteiger partial charge on any atom is 0.338 e. The molecule has 32 heavy (non-hydrogen) atoms. The summed E-state index contributed by atoms with van der Waals surface area (Å²) < 4.78 is 5.16. The van der Waals surface area contributed by atoms with E-state index in [4.69, 9.17) is 9.73 Å². The van der Waals surface area contributed by atoms with Crippen LogP contribution in [0.25, 0.3) is 0 Å². The molecule has 2 aliphatic heterocycles. The normalized spacial score (nSPS) is 28.4. The Balaban J connectivity index is 1.42. The summed E-state index contributed by atoms with van der Waals surface area (Å²) in [6, 6.07) is 9.88. The molecule has 1 aromatic rings. The SMILES string of the molecule is CCC1=C(C(=O)OC)[C@@H](c2ccccc2)N2C(CC(=O)N[C@@H]3C[C@H]4CC[C@H]3C4)=CSC2=N1. The first-order valence-corrected chi connectivity index (χ1v) is 12.4. The van der Waals surface area contributed by atoms with Gasteiger partial charge in [0.1, 0.15) is 0 Å². The van der Waals surface area contributed by atoms with Crippen LogP contribution in [0.2, 0.25) is 0 Å². The third-order valence-electron chi connectivity index (χ3n) is 7.17. The highest BCUT2D eigenvalue weighted by Gasteiger charge is 2.43. The lowest BCUT2D eigenvalue weighted by atomic mass is 9.92. The monoisotopic (exact) mass is 451 g/mol. The topological polar surface area (TPSA) is 71.0 Å². The van der Waals surface area contributed by atoms with Gasteiger partial charge in [0.15, 0.2) is 5.17 Å². The molecule has 168 valence electrons. The third-order valence-corrected chi connectivity index (χ3v) is 8.06. The van der Waals surface area contributed by atoms with Gasteiger partial charge in [0.05, 0.1) is 30.8 Å². The molecule has 6 nitrogen and oxygen atoms in total. The highest BCUT2D eigenvalue weighted by atomic mass is 32.2. The minimum Gasteiger partial charge on any atom is -0.466 e. The van der Waals surface area contributed by atoms with Crippen molar-refractivity contribution in [3.05, 3.63) is 58.3 Å². The van der Waals surface area contributed by atoms with E-state index in [0.29, 0.717) is 24.0 Å². The van der Waals surface area contributed by atoms with E-state index in [2.05, 4.69) is 5.32 Å². The van der Waals surface area contributed by atoms with E-state index in [1.807, 2.05) is 47.6 Å². The van der Waals surface area contributed by atoms with E-state index < -0.39 is 0 Å². The van der Waals surface area contributed by atoms with Gasteiger partial charge in [0.25, 0.3) is 0 Å². The molecule has 4 atom stereocenters. The van der Waals surface area contributed by atoms with Crippen LogP contribution >= 0.6 is 11.8 Å². The van der Waals surface area contributed by atoms with E-state index in [1.54, 1.807) is 0 Å². The smallest absolute Gasteiger partial charge is 0.338 e. The van der Waals surface area contributed by atoms with Crippen molar-refractivity contribution >= 4 is 28.8 Å². The van der Waals surface area contributed by atoms with Crippen molar-refractivity contribution < 1.29 is 14.3 Å². The Morgan fingerprint density at radius 3 is 2.69 bits per heavy atom. The van der Waals surface area contributed by atoms with Gasteiger partial charge in [-0.1, -0.05) is 55.4 Å². The Kier molecular flexibility index (Phi) is 5.84. The van der Waals surface area contributed by atoms with Crippen molar-refractivity contribution in [3.8, 4) is 0 Å². The number of carbonyl (C=O) groups is 2. The van der Waals surface area contributed by atoms with Crippen molar-refractivity contribution in [1.29, 1.82) is 0 Å². The zero-order valence-corrected chi connectivity index (χ0v) is 19.4. The first-order valence-electron chi connectivity index (χ1n) is 11.5. The number of thioether (sulfide) groups is 1. The highest BCUT2D eigenvalue weighted by molar-refractivity contribution is 8.16. The first-order chi connectivity index (χ1) is 15.6. The summed E-state index contributed by atoms with van der Waals surface area (Å²) in [4.78, 5) is 32.7. The second-order valence-corrected chi connectivity index (χ2v) is 9.87. The molecule has 0 unspecified atom stereocenters. The van der Waals surface area contributed by atoms with E-state index in [-0.39, 0.29) is 24.3 Å². The molecule has 0 aromatic heterocycles. The number of fused-ring (bicyclic) bond motifs is 3. The van der Waals surface area contributed by atoms with Crippen LogP contribution in [0.3, 0.4) is 0 Å². The minimum atomic E-state index is -0.374. The van der Waals surface area contributed by atoms with Gasteiger partial charge in [-0.15, -0.1) is 0 Å². The summed E-state index contributed by atoms with van der Waals surface area (Å²) in [7, 11) is 1.40. The number of amides is 1. The van der Waals surface area contributed by atoms with Gasteiger partial charge in [-0.25, -0.2) is 9.79 Å². The number of amidine groups is 1. The lowest BCUT2D eigenvalue weighted by Gasteiger charge is -2.36. The van der Waals surface area contributed by atoms with Crippen molar-refractivity contribution in [3.63, 3.8) is 0 Å². The van der Waals surface area contributed by atoms with Gasteiger partial charge in [-0.2, -0.15) is 0 Å². The number of carbonyl (C=O) groups excluding carboxylic acids is 2. The minimum absolute atomic E-state index is 0.0485. The lowest BCUT2D eigenvalue weighted by molar-refractivity contribution is -0.136. The summed E-state index contributed by atoms with van der Waals surface area (Å²) in [6.07, 6.45) is 5.83. The molecular formula is C25H29N3O3S. The van der Waals surface area contributed by atoms with Crippen molar-refractivity contribution in [2.45, 2.75) is 57.5 Å². The Labute approximate surface area is 193 Å². The van der Waals surface area contributed by atoms with Crippen molar-refractivity contribution in [2.24, 2.45) is 16.8 Å². The summed E-state index contributed by atoms with van der Waals surface area (Å²) in [5.74, 6) is 1.10. The van der Waals surface area contributed by atoms with Crippen molar-refractivity contribution in [1.82, 2.24) is 10.2 Å². The second-order valence-electron chi connectivity index (χ2n) is 9.04. The Morgan fingerprint density at radius 2 is 2.03 bits per heavy atom. The Morgan fingerprint density at radius 1 is 1.22 bits per heavy atom. The molecule has 2 saturated carbocycles. The zero-order valence-electron chi connectivity index (χ0n) is 18.5. The maximum absolute atomic E-state index is 13.0. The van der Waals surface area contributed by atoms with E-state index in [0.717, 1.165) is 34.5 Å². The predicted molar refractivity (Wildman–Crippen MR) is 125 cm³/mol. The largest absolute Gasteiger partial charge is 0.466 e. The fraction of sp³-hybridized carbons (Fsp3) is 0.480. The second kappa shape index (κ2) is 8.77. The van der Waals surface area contributed by atoms with Gasteiger partial charge in [-0.3, -0.25) is 4.79 Å². The number of ether oxygens (including phenoxy) is 1. The summed E-state index contributed by atoms with van der Waals surface area (Å²) >= 11 is 1.52. The van der Waals surface area contributed by atoms with Crippen LogP contribution in [-0.2, 0) is 14.3 Å². The molecule has 0 saturated heterocycles. The standard InChI is InChI=1S/C25H29N3O3S/c1-3-19-22(24(30)31-2)23(16-7-5-4-6-8-16)28-18(14-32-25(28)27-19)13-21(29)26-20-12-15-9-10-17(20)11-15/h4-8,14-15,17,20,23H,3,9-13H2,1-2H3,(H,26,29)/t15-,17-,20+,23+/m0/s1. The molecule has 1 aromatic carbocycles. The predicted octanol–water partition coefficient (Wildman–Crippen LogP) is 4.52. The number of rotatable bonds is 6. The van der Waals surface area contributed by atoms with Gasteiger partial charge in [0.2, 0.25) is 5.91 Å². The lowest BCUT2D eigenvalue weighted by Crippen LogP contribution is -2.41. The van der Waals surface area contributed by atoms with Crippen LogP contribution in [0.1, 0.15) is 57.1 Å². The van der Waals surface area contributed by atoms with Gasteiger partial charge < -0.3 is 15.0 Å². The van der Waals surface area contributed by atoms with Crippen LogP contribution < -0.4 is 5.32 Å². The molecule has 2 fully saturated rings. The first kappa shape index (κ1) is 21.3. The van der Waals surface area contributed by atoms with Gasteiger partial charge in [-0.05, 0) is 48.5 Å². The van der Waals surface area contributed by atoms with Crippen LogP contribution in [0, 0.1) is 11.8 Å². The van der Waals surface area contributed by atoms with Gasteiger partial charge >= 0.3 is 5.97 Å². The molecule has 1 amide bonds. The van der Waals surface area contributed by atoms with Crippen molar-refractivity contribution in [2.75, 3.05) is 7.11 Å². The highest BCUT2D eigenvalue weighted by Crippen LogP contribution is 2.46. The van der Waals surface area contributed by atoms with Crippen LogP contribution in [-0.4, -0.2) is 35.1 Å². The average molecular weight is 452 g/mol. The summed E-state index contributed by atoms with van der Waals surface area (Å²) in [6.45, 7) is 2.00. The van der Waals surface area contributed by atoms with E-state index >= 15 is 0 Å². The van der Waals surface area contributed by atoms with E-state index in [9.17, 15) is 9.59 Å². The number of allylic oxidation sites excluding steroid dienone is 1. The Bertz CT molecular complexity index is 1020. The van der Waals surface area contributed by atoms with Crippen LogP contribution in [0.5, 0.6) is 0 Å². The molecule has 4 aliphatic rings. The third kappa shape index (κ3) is 3.76. The molecule has 0 spiro atoms. The fourth-order valence-corrected chi connectivity index (χ4v) is 6.64. The fourth-order valence-electron chi connectivity index (χ4n) is 5.71. The molecule has 1 N–H and O–H groups in total. The van der Waals surface area contributed by atoms with Gasteiger partial charge in [0, 0.05) is 11.7 Å².